The summed E-state index contributed by atoms with van der Waals surface area (Å²) in [5.41, 5.74) is 0. The van der Waals surface area contributed by atoms with Crippen LogP contribution in [-0.4, -0.2) is 63.6 Å². The van der Waals surface area contributed by atoms with Gasteiger partial charge in [0.25, 0.3) is 0 Å². The van der Waals surface area contributed by atoms with Crippen molar-refractivity contribution in [3.63, 3.8) is 0 Å². The molecule has 0 aliphatic heterocycles. The van der Waals surface area contributed by atoms with E-state index in [0.29, 0.717) is 30.7 Å². The van der Waals surface area contributed by atoms with Gasteiger partial charge in [-0.15, -0.1) is 24.0 Å². The average molecular weight is 518 g/mol. The number of rotatable bonds is 7. The van der Waals surface area contributed by atoms with Gasteiger partial charge in [0.05, 0.1) is 17.0 Å². The Hall–Kier alpha value is -0.740. The van der Waals surface area contributed by atoms with E-state index in [4.69, 9.17) is 16.3 Å². The first-order valence-corrected chi connectivity index (χ1v) is 10.1. The minimum Gasteiger partial charge on any atom is -0.492 e. The molecule has 150 valence electrons. The number of sulfone groups is 1. The fraction of sp³-hybridized carbons (Fsp3) is 0.588. The van der Waals surface area contributed by atoms with E-state index < -0.39 is 14.6 Å². The summed E-state index contributed by atoms with van der Waals surface area (Å²) in [6, 6.07) is 7.17. The normalized spacial score (nSPS) is 12.3. The minimum absolute atomic E-state index is 0. The van der Waals surface area contributed by atoms with E-state index >= 15 is 0 Å². The maximum absolute atomic E-state index is 12.1. The van der Waals surface area contributed by atoms with Crippen LogP contribution in [0.25, 0.3) is 0 Å². The van der Waals surface area contributed by atoms with Gasteiger partial charge >= 0.3 is 0 Å². The summed E-state index contributed by atoms with van der Waals surface area (Å²) in [6.45, 7) is 6.51. The highest BCUT2D eigenvalue weighted by atomic mass is 127. The van der Waals surface area contributed by atoms with E-state index in [1.165, 1.54) is 0 Å². The van der Waals surface area contributed by atoms with Crippen molar-refractivity contribution in [1.82, 2.24) is 10.2 Å². The molecular formula is C17H29ClIN3O3S. The molecule has 0 unspecified atom stereocenters. The number of halogens is 2. The molecule has 0 bridgehead atoms. The lowest BCUT2D eigenvalue weighted by Crippen LogP contribution is -2.43. The van der Waals surface area contributed by atoms with E-state index in [0.717, 1.165) is 5.75 Å². The highest BCUT2D eigenvalue weighted by Crippen LogP contribution is 2.16. The van der Waals surface area contributed by atoms with Crippen LogP contribution in [0.5, 0.6) is 5.75 Å². The first-order valence-electron chi connectivity index (χ1n) is 8.09. The zero-order valence-corrected chi connectivity index (χ0v) is 19.9. The third kappa shape index (κ3) is 8.30. The first-order chi connectivity index (χ1) is 11.6. The summed E-state index contributed by atoms with van der Waals surface area (Å²) in [4.78, 5) is 6.06. The molecule has 0 aromatic heterocycles. The summed E-state index contributed by atoms with van der Waals surface area (Å²) in [5, 5.41) is 3.74. The summed E-state index contributed by atoms with van der Waals surface area (Å²) >= 11 is 5.83. The van der Waals surface area contributed by atoms with Crippen LogP contribution in [0, 0.1) is 0 Å². The predicted octanol–water partition coefficient (Wildman–Crippen LogP) is 3.06. The van der Waals surface area contributed by atoms with Crippen molar-refractivity contribution in [1.29, 1.82) is 0 Å². The van der Waals surface area contributed by atoms with Gasteiger partial charge < -0.3 is 15.0 Å². The fourth-order valence-corrected chi connectivity index (χ4v) is 3.03. The molecule has 1 aromatic rings. The molecule has 0 radical (unpaired) electrons. The van der Waals surface area contributed by atoms with Gasteiger partial charge in [-0.1, -0.05) is 11.6 Å². The summed E-state index contributed by atoms with van der Waals surface area (Å²) in [6.07, 6.45) is 0. The molecule has 6 nitrogen and oxygen atoms in total. The Bertz CT molecular complexity index is 673. The summed E-state index contributed by atoms with van der Waals surface area (Å²) < 4.78 is 29.1. The van der Waals surface area contributed by atoms with Gasteiger partial charge in [-0.2, -0.15) is 0 Å². The SMILES string of the molecule is CN=C(NCCS(=O)(=O)C(C)(C)C)N(C)CCOc1ccc(Cl)cc1.I. The number of nitrogens with zero attached hydrogens (tertiary/aromatic N) is 2. The standard InChI is InChI=1S/C17H28ClN3O3S.HI/c1-17(2,3)25(22,23)13-10-20-16(19-4)21(5)11-12-24-15-8-6-14(18)7-9-15;/h6-9H,10-13H2,1-5H3,(H,19,20);1H. The number of ether oxygens (including phenoxy) is 1. The Morgan fingerprint density at radius 1 is 1.27 bits per heavy atom. The van der Waals surface area contributed by atoms with Crippen LogP contribution in [-0.2, 0) is 9.84 Å². The largest absolute Gasteiger partial charge is 0.492 e. The Kier molecular flexibility index (Phi) is 10.9. The molecule has 26 heavy (non-hydrogen) atoms. The summed E-state index contributed by atoms with van der Waals surface area (Å²) in [5.74, 6) is 1.44. The smallest absolute Gasteiger partial charge is 0.193 e. The van der Waals surface area contributed by atoms with Crippen LogP contribution in [0.15, 0.2) is 29.3 Å². The highest BCUT2D eigenvalue weighted by Gasteiger charge is 2.28. The second-order valence-corrected chi connectivity index (χ2v) is 9.93. The van der Waals surface area contributed by atoms with Gasteiger partial charge in [0, 0.05) is 25.7 Å². The van der Waals surface area contributed by atoms with E-state index in [9.17, 15) is 8.42 Å². The van der Waals surface area contributed by atoms with E-state index in [1.54, 1.807) is 40.0 Å². The van der Waals surface area contributed by atoms with Crippen LogP contribution in [0.2, 0.25) is 5.02 Å². The molecule has 0 fully saturated rings. The van der Waals surface area contributed by atoms with Crippen LogP contribution >= 0.6 is 35.6 Å². The maximum Gasteiger partial charge on any atom is 0.193 e. The van der Waals surface area contributed by atoms with Crippen molar-refractivity contribution in [2.24, 2.45) is 4.99 Å². The topological polar surface area (TPSA) is 71.0 Å². The second kappa shape index (κ2) is 11.2. The van der Waals surface area contributed by atoms with Crippen molar-refractivity contribution in [3.05, 3.63) is 29.3 Å². The molecule has 0 amide bonds. The van der Waals surface area contributed by atoms with Gasteiger partial charge in [-0.25, -0.2) is 8.42 Å². The lowest BCUT2D eigenvalue weighted by atomic mass is 10.3. The van der Waals surface area contributed by atoms with Gasteiger partial charge in [-0.05, 0) is 45.0 Å². The third-order valence-corrected chi connectivity index (χ3v) is 6.53. The molecule has 0 saturated carbocycles. The minimum atomic E-state index is -3.16. The molecule has 0 spiro atoms. The molecule has 0 atom stereocenters. The number of hydrogen-bond donors (Lipinski definition) is 1. The third-order valence-electron chi connectivity index (χ3n) is 3.67. The van der Waals surface area contributed by atoms with Gasteiger partial charge in [-0.3, -0.25) is 4.99 Å². The molecule has 0 saturated heterocycles. The average Bonchev–Trinajstić information content (AvgIpc) is 2.52. The Morgan fingerprint density at radius 2 is 1.85 bits per heavy atom. The number of hydrogen-bond acceptors (Lipinski definition) is 4. The molecule has 9 heteroatoms. The Labute approximate surface area is 179 Å². The zero-order valence-electron chi connectivity index (χ0n) is 16.0. The molecule has 1 N–H and O–H groups in total. The van der Waals surface area contributed by atoms with Crippen LogP contribution < -0.4 is 10.1 Å². The lowest BCUT2D eigenvalue weighted by molar-refractivity contribution is 0.281. The zero-order chi connectivity index (χ0) is 19.1. The first kappa shape index (κ1) is 25.3. The van der Waals surface area contributed by atoms with Crippen molar-refractivity contribution in [2.75, 3.05) is 39.5 Å². The van der Waals surface area contributed by atoms with Crippen LogP contribution in [0.1, 0.15) is 20.8 Å². The number of likely N-dealkylation sites (N-methyl/N-ethyl adjacent to an activating group) is 1. The number of benzene rings is 1. The van der Waals surface area contributed by atoms with Crippen molar-refractivity contribution in [2.45, 2.75) is 25.5 Å². The van der Waals surface area contributed by atoms with Gasteiger partial charge in [0.15, 0.2) is 15.8 Å². The molecule has 0 aliphatic rings. The molecule has 1 aromatic carbocycles. The molecular weight excluding hydrogens is 489 g/mol. The Balaban J connectivity index is 0.00000625. The van der Waals surface area contributed by atoms with E-state index in [-0.39, 0.29) is 29.7 Å². The fourth-order valence-electron chi connectivity index (χ4n) is 1.93. The van der Waals surface area contributed by atoms with Crippen molar-refractivity contribution < 1.29 is 13.2 Å². The van der Waals surface area contributed by atoms with Crippen molar-refractivity contribution >= 4 is 51.4 Å². The lowest BCUT2D eigenvalue weighted by Gasteiger charge is -2.23. The Morgan fingerprint density at radius 3 is 2.35 bits per heavy atom. The molecule has 0 heterocycles. The predicted molar refractivity (Wildman–Crippen MR) is 120 cm³/mol. The second-order valence-electron chi connectivity index (χ2n) is 6.63. The maximum atomic E-state index is 12.1. The van der Waals surface area contributed by atoms with Crippen LogP contribution in [0.3, 0.4) is 0 Å². The van der Waals surface area contributed by atoms with E-state index in [2.05, 4.69) is 10.3 Å². The number of aliphatic imine (C=N–C) groups is 1. The number of nitrogens with one attached hydrogen (secondary N) is 1. The quantitative estimate of drug-likeness (QED) is 0.342. The molecule has 1 rings (SSSR count). The highest BCUT2D eigenvalue weighted by molar-refractivity contribution is 14.0. The van der Waals surface area contributed by atoms with Gasteiger partial charge in [0.2, 0.25) is 0 Å². The number of guanidine groups is 1. The molecule has 0 aliphatic carbocycles. The monoisotopic (exact) mass is 517 g/mol. The van der Waals surface area contributed by atoms with Gasteiger partial charge in [0.1, 0.15) is 12.4 Å². The van der Waals surface area contributed by atoms with E-state index in [1.807, 2.05) is 24.1 Å². The summed E-state index contributed by atoms with van der Waals surface area (Å²) in [7, 11) is 0.382. The van der Waals surface area contributed by atoms with Crippen molar-refractivity contribution in [3.8, 4) is 5.75 Å². The van der Waals surface area contributed by atoms with Crippen LogP contribution in [0.4, 0.5) is 0 Å².